The normalized spacial score (nSPS) is 15.5. The van der Waals surface area contributed by atoms with Crippen molar-refractivity contribution in [3.8, 4) is 5.75 Å². The maximum absolute atomic E-state index is 11.6. The van der Waals surface area contributed by atoms with E-state index >= 15 is 0 Å². The summed E-state index contributed by atoms with van der Waals surface area (Å²) in [6.07, 6.45) is 3.33. The molecule has 3 rings (SSSR count). The Morgan fingerprint density at radius 3 is 2.56 bits per heavy atom. The maximum Gasteiger partial charge on any atom is 0.291 e. The van der Waals surface area contributed by atoms with Gasteiger partial charge in [-0.1, -0.05) is 25.1 Å². The Hall–Kier alpha value is -2.60. The van der Waals surface area contributed by atoms with Gasteiger partial charge < -0.3 is 10.1 Å². The van der Waals surface area contributed by atoms with Crippen LogP contribution in [0.3, 0.4) is 0 Å². The summed E-state index contributed by atoms with van der Waals surface area (Å²) in [4.78, 5) is 27.3. The molecule has 6 heteroatoms. The van der Waals surface area contributed by atoms with Gasteiger partial charge in [0.25, 0.3) is 5.24 Å². The summed E-state index contributed by atoms with van der Waals surface area (Å²) < 4.78 is 5.75. The average Bonchev–Trinajstić information content (AvgIpc) is 2.94. The van der Waals surface area contributed by atoms with E-state index in [1.807, 2.05) is 42.5 Å². The number of carbonyl (C=O) groups is 2. The fraction of sp³-hybridized carbons (Fsp3) is 0.211. The van der Waals surface area contributed by atoms with Gasteiger partial charge in [0.15, 0.2) is 0 Å². The van der Waals surface area contributed by atoms with Crippen LogP contribution in [0, 0.1) is 0 Å². The summed E-state index contributed by atoms with van der Waals surface area (Å²) in [6.45, 7) is 2.63. The van der Waals surface area contributed by atoms with E-state index in [4.69, 9.17) is 4.74 Å². The van der Waals surface area contributed by atoms with Gasteiger partial charge in [0.2, 0.25) is 5.12 Å². The van der Waals surface area contributed by atoms with E-state index in [1.54, 1.807) is 6.08 Å². The van der Waals surface area contributed by atoms with Crippen LogP contribution in [-0.2, 0) is 17.6 Å². The van der Waals surface area contributed by atoms with E-state index < -0.39 is 0 Å². The Morgan fingerprint density at radius 2 is 1.88 bits per heavy atom. The zero-order chi connectivity index (χ0) is 17.6. The number of nitrogens with one attached hydrogen (secondary N) is 1. The van der Waals surface area contributed by atoms with E-state index in [1.165, 1.54) is 0 Å². The van der Waals surface area contributed by atoms with E-state index in [9.17, 15) is 9.59 Å². The highest BCUT2D eigenvalue weighted by molar-refractivity contribution is 8.27. The number of aromatic nitrogens is 1. The lowest BCUT2D eigenvalue weighted by Crippen LogP contribution is -2.10. The molecule has 1 N–H and O–H groups in total. The third-order valence-corrected chi connectivity index (χ3v) is 4.38. The molecule has 2 aromatic rings. The minimum atomic E-state index is -0.336. The average molecular weight is 354 g/mol. The number of hydrogen-bond acceptors (Lipinski definition) is 5. The van der Waals surface area contributed by atoms with Crippen LogP contribution in [-0.4, -0.2) is 21.9 Å². The summed E-state index contributed by atoms with van der Waals surface area (Å²) in [5.41, 5.74) is 3.25. The highest BCUT2D eigenvalue weighted by Crippen LogP contribution is 2.21. The molecule has 25 heavy (non-hydrogen) atoms. The van der Waals surface area contributed by atoms with Crippen LogP contribution in [0.2, 0.25) is 0 Å². The molecule has 0 atom stereocenters. The molecule has 1 saturated heterocycles. The number of hydrogen-bond donors (Lipinski definition) is 1. The van der Waals surface area contributed by atoms with Gasteiger partial charge in [0.1, 0.15) is 5.75 Å². The molecular weight excluding hydrogens is 336 g/mol. The summed E-state index contributed by atoms with van der Waals surface area (Å²) in [7, 11) is 0. The number of thioether (sulfide) groups is 1. The predicted octanol–water partition coefficient (Wildman–Crippen LogP) is 3.59. The summed E-state index contributed by atoms with van der Waals surface area (Å²) in [5, 5.41) is 1.93. The zero-order valence-corrected chi connectivity index (χ0v) is 14.6. The minimum Gasteiger partial charge on any atom is -0.493 e. The fourth-order valence-electron chi connectivity index (χ4n) is 2.39. The summed E-state index contributed by atoms with van der Waals surface area (Å²) >= 11 is 0.675. The molecule has 128 valence electrons. The van der Waals surface area contributed by atoms with Crippen molar-refractivity contribution >= 4 is 28.2 Å². The molecule has 0 radical (unpaired) electrons. The Labute approximate surface area is 150 Å². The lowest BCUT2D eigenvalue weighted by atomic mass is 10.2. The van der Waals surface area contributed by atoms with Gasteiger partial charge in [-0.05, 0) is 42.3 Å². The largest absolute Gasteiger partial charge is 0.493 e. The maximum atomic E-state index is 11.6. The molecule has 1 amide bonds. The molecule has 1 aromatic carbocycles. The molecule has 0 spiro atoms. The first-order valence-corrected chi connectivity index (χ1v) is 8.88. The highest BCUT2D eigenvalue weighted by atomic mass is 32.2. The number of carbonyl (C=O) groups excluding carboxylic acids is 2. The van der Waals surface area contributed by atoms with Crippen molar-refractivity contribution in [3.63, 3.8) is 0 Å². The molecule has 5 nitrogen and oxygen atoms in total. The SMILES string of the molecule is CCc1cccc(CCOc2ccc(C=C3NC(=O)SC3=O)cc2)n1. The van der Waals surface area contributed by atoms with Gasteiger partial charge in [-0.25, -0.2) is 0 Å². The van der Waals surface area contributed by atoms with Crippen LogP contribution in [0.5, 0.6) is 5.75 Å². The Morgan fingerprint density at radius 1 is 1.12 bits per heavy atom. The number of nitrogens with zero attached hydrogens (tertiary/aromatic N) is 1. The standard InChI is InChI=1S/C19H18N2O3S/c1-2-14-4-3-5-15(20-14)10-11-24-16-8-6-13(7-9-16)12-17-18(22)25-19(23)21-17/h3-9,12H,2,10-11H2,1H3,(H,21,23). The fourth-order valence-corrected chi connectivity index (χ4v) is 2.94. The van der Waals surface area contributed by atoms with Gasteiger partial charge in [-0.2, -0.15) is 0 Å². The molecule has 2 heterocycles. The smallest absolute Gasteiger partial charge is 0.291 e. The number of ether oxygens (including phenoxy) is 1. The molecule has 1 fully saturated rings. The van der Waals surface area contributed by atoms with Crippen molar-refractivity contribution < 1.29 is 14.3 Å². The van der Waals surface area contributed by atoms with Crippen LogP contribution < -0.4 is 10.1 Å². The molecule has 0 bridgehead atoms. The van der Waals surface area contributed by atoms with Crippen molar-refractivity contribution in [1.29, 1.82) is 0 Å². The van der Waals surface area contributed by atoms with E-state index in [-0.39, 0.29) is 10.4 Å². The van der Waals surface area contributed by atoms with Gasteiger partial charge in [0.05, 0.1) is 12.3 Å². The second-order valence-electron chi connectivity index (χ2n) is 5.50. The van der Waals surface area contributed by atoms with E-state index in [0.717, 1.165) is 35.5 Å². The molecule has 1 aliphatic heterocycles. The second kappa shape index (κ2) is 7.98. The van der Waals surface area contributed by atoms with Crippen molar-refractivity contribution in [1.82, 2.24) is 10.3 Å². The van der Waals surface area contributed by atoms with Crippen LogP contribution in [0.15, 0.2) is 48.2 Å². The first-order chi connectivity index (χ1) is 12.1. The third kappa shape index (κ3) is 4.70. The van der Waals surface area contributed by atoms with Gasteiger partial charge in [-0.3, -0.25) is 14.6 Å². The zero-order valence-electron chi connectivity index (χ0n) is 13.8. The molecule has 1 aromatic heterocycles. The Kier molecular flexibility index (Phi) is 5.50. The molecule has 0 saturated carbocycles. The summed E-state index contributed by atoms with van der Waals surface area (Å²) in [5.74, 6) is 0.755. The second-order valence-corrected chi connectivity index (χ2v) is 6.45. The molecular formula is C19H18N2O3S. The summed E-state index contributed by atoms with van der Waals surface area (Å²) in [6, 6.07) is 13.4. The number of benzene rings is 1. The van der Waals surface area contributed by atoms with Crippen LogP contribution in [0.1, 0.15) is 23.9 Å². The van der Waals surface area contributed by atoms with Crippen LogP contribution in [0.25, 0.3) is 6.08 Å². The molecule has 1 aliphatic rings. The van der Waals surface area contributed by atoms with E-state index in [2.05, 4.69) is 17.2 Å². The number of amides is 1. The lowest BCUT2D eigenvalue weighted by Gasteiger charge is -2.07. The van der Waals surface area contributed by atoms with Crippen molar-refractivity contribution in [2.75, 3.05) is 6.61 Å². The lowest BCUT2D eigenvalue weighted by molar-refractivity contribution is -0.107. The Balaban J connectivity index is 1.55. The molecule has 0 unspecified atom stereocenters. The number of aryl methyl sites for hydroxylation is 1. The quantitative estimate of drug-likeness (QED) is 0.803. The first-order valence-electron chi connectivity index (χ1n) is 8.06. The topological polar surface area (TPSA) is 68.3 Å². The van der Waals surface area contributed by atoms with Crippen molar-refractivity contribution in [3.05, 3.63) is 65.1 Å². The van der Waals surface area contributed by atoms with Crippen molar-refractivity contribution in [2.45, 2.75) is 19.8 Å². The predicted molar refractivity (Wildman–Crippen MR) is 98.4 cm³/mol. The van der Waals surface area contributed by atoms with Crippen LogP contribution >= 0.6 is 11.8 Å². The number of pyridine rings is 1. The number of rotatable bonds is 6. The third-order valence-electron chi connectivity index (χ3n) is 3.69. The minimum absolute atomic E-state index is 0.257. The monoisotopic (exact) mass is 354 g/mol. The van der Waals surface area contributed by atoms with Crippen molar-refractivity contribution in [2.24, 2.45) is 0 Å². The van der Waals surface area contributed by atoms with Crippen LogP contribution in [0.4, 0.5) is 4.79 Å². The first kappa shape index (κ1) is 17.2. The highest BCUT2D eigenvalue weighted by Gasteiger charge is 2.25. The molecule has 0 aliphatic carbocycles. The van der Waals surface area contributed by atoms with Gasteiger partial charge in [0, 0.05) is 29.6 Å². The van der Waals surface area contributed by atoms with Gasteiger partial charge >= 0.3 is 0 Å². The van der Waals surface area contributed by atoms with E-state index in [0.29, 0.717) is 24.1 Å². The van der Waals surface area contributed by atoms with Gasteiger partial charge in [-0.15, -0.1) is 0 Å². The Bertz CT molecular complexity index is 816.